The summed E-state index contributed by atoms with van der Waals surface area (Å²) in [5.74, 6) is 0.590. The molecular formula is C14H27NO2. The van der Waals surface area contributed by atoms with E-state index in [1.54, 1.807) is 0 Å². The van der Waals surface area contributed by atoms with Gasteiger partial charge in [-0.2, -0.15) is 0 Å². The fourth-order valence-electron chi connectivity index (χ4n) is 2.61. The first-order valence-electron chi connectivity index (χ1n) is 6.90. The molecule has 1 atom stereocenters. The fourth-order valence-corrected chi connectivity index (χ4v) is 2.61. The second kappa shape index (κ2) is 6.39. The van der Waals surface area contributed by atoms with Gasteiger partial charge in [0.05, 0.1) is 6.10 Å². The molecule has 1 saturated carbocycles. The second-order valence-corrected chi connectivity index (χ2v) is 6.11. The Morgan fingerprint density at radius 2 is 1.88 bits per heavy atom. The van der Waals surface area contributed by atoms with E-state index in [-0.39, 0.29) is 11.3 Å². The van der Waals surface area contributed by atoms with Crippen LogP contribution in [0.4, 0.5) is 0 Å². The van der Waals surface area contributed by atoms with E-state index in [4.69, 9.17) is 0 Å². The fraction of sp³-hybridized carbons (Fsp3) is 0.929. The molecule has 2 N–H and O–H groups in total. The van der Waals surface area contributed by atoms with Crippen molar-refractivity contribution in [1.82, 2.24) is 5.32 Å². The largest absolute Gasteiger partial charge is 0.391 e. The van der Waals surface area contributed by atoms with Crippen molar-refractivity contribution in [1.29, 1.82) is 0 Å². The Morgan fingerprint density at radius 1 is 1.29 bits per heavy atom. The first-order valence-corrected chi connectivity index (χ1v) is 6.90. The molecule has 0 spiro atoms. The van der Waals surface area contributed by atoms with Crippen LogP contribution in [0.2, 0.25) is 0 Å². The van der Waals surface area contributed by atoms with Crippen molar-refractivity contribution >= 4 is 5.91 Å². The van der Waals surface area contributed by atoms with Crippen LogP contribution in [0.15, 0.2) is 0 Å². The van der Waals surface area contributed by atoms with Gasteiger partial charge in [-0.25, -0.2) is 0 Å². The Hall–Kier alpha value is -0.570. The van der Waals surface area contributed by atoms with E-state index in [9.17, 15) is 9.90 Å². The highest BCUT2D eigenvalue weighted by atomic mass is 16.3. The summed E-state index contributed by atoms with van der Waals surface area (Å²) >= 11 is 0. The number of carbonyl (C=O) groups is 1. The number of aliphatic hydroxyl groups excluding tert-OH is 1. The lowest BCUT2D eigenvalue weighted by Gasteiger charge is -2.32. The number of hydrogen-bond acceptors (Lipinski definition) is 2. The molecule has 17 heavy (non-hydrogen) atoms. The molecule has 0 aromatic rings. The van der Waals surface area contributed by atoms with Gasteiger partial charge in [0.15, 0.2) is 0 Å². The average molecular weight is 241 g/mol. The average Bonchev–Trinajstić information content (AvgIpc) is 2.26. The van der Waals surface area contributed by atoms with Gasteiger partial charge in [0.2, 0.25) is 5.91 Å². The highest BCUT2D eigenvalue weighted by Crippen LogP contribution is 2.35. The zero-order chi connectivity index (χ0) is 12.9. The summed E-state index contributed by atoms with van der Waals surface area (Å²) in [6.07, 6.45) is 5.86. The topological polar surface area (TPSA) is 49.3 Å². The van der Waals surface area contributed by atoms with Gasteiger partial charge in [-0.15, -0.1) is 0 Å². The zero-order valence-electron chi connectivity index (χ0n) is 11.5. The Kier molecular flexibility index (Phi) is 5.44. The SMILES string of the molecule is CC(C)CC(O)CNC(=O)C1(C)CCCCC1. The Bertz CT molecular complexity index is 245. The minimum atomic E-state index is -0.411. The van der Waals surface area contributed by atoms with Gasteiger partial charge in [-0.3, -0.25) is 4.79 Å². The van der Waals surface area contributed by atoms with Crippen LogP contribution in [0.5, 0.6) is 0 Å². The predicted molar refractivity (Wildman–Crippen MR) is 69.7 cm³/mol. The summed E-state index contributed by atoms with van der Waals surface area (Å²) < 4.78 is 0. The number of hydrogen-bond donors (Lipinski definition) is 2. The summed E-state index contributed by atoms with van der Waals surface area (Å²) in [5, 5.41) is 12.6. The molecule has 0 saturated heterocycles. The molecule has 0 bridgehead atoms. The van der Waals surface area contributed by atoms with E-state index in [0.29, 0.717) is 12.5 Å². The lowest BCUT2D eigenvalue weighted by molar-refractivity contribution is -0.132. The maximum absolute atomic E-state index is 12.1. The molecule has 0 radical (unpaired) electrons. The molecule has 1 amide bonds. The van der Waals surface area contributed by atoms with E-state index >= 15 is 0 Å². The second-order valence-electron chi connectivity index (χ2n) is 6.11. The molecular weight excluding hydrogens is 214 g/mol. The van der Waals surface area contributed by atoms with Gasteiger partial charge in [0, 0.05) is 12.0 Å². The van der Waals surface area contributed by atoms with Crippen LogP contribution in [-0.4, -0.2) is 23.7 Å². The van der Waals surface area contributed by atoms with Gasteiger partial charge in [0.25, 0.3) is 0 Å². The van der Waals surface area contributed by atoms with Crippen LogP contribution >= 0.6 is 0 Å². The highest BCUT2D eigenvalue weighted by molar-refractivity contribution is 5.82. The van der Waals surface area contributed by atoms with Crippen molar-refractivity contribution in [3.05, 3.63) is 0 Å². The molecule has 3 heteroatoms. The van der Waals surface area contributed by atoms with E-state index in [0.717, 1.165) is 32.1 Å². The zero-order valence-corrected chi connectivity index (χ0v) is 11.5. The van der Waals surface area contributed by atoms with Crippen LogP contribution < -0.4 is 5.32 Å². The minimum absolute atomic E-state index is 0.125. The third-order valence-electron chi connectivity index (χ3n) is 3.75. The highest BCUT2D eigenvalue weighted by Gasteiger charge is 2.34. The van der Waals surface area contributed by atoms with E-state index in [2.05, 4.69) is 26.1 Å². The number of amides is 1. The summed E-state index contributed by atoms with van der Waals surface area (Å²) in [5.41, 5.74) is -0.199. The molecule has 0 aromatic heterocycles. The van der Waals surface area contributed by atoms with Crippen molar-refractivity contribution in [3.63, 3.8) is 0 Å². The lowest BCUT2D eigenvalue weighted by atomic mass is 9.75. The van der Waals surface area contributed by atoms with Crippen LogP contribution in [0.1, 0.15) is 59.3 Å². The Morgan fingerprint density at radius 3 is 2.41 bits per heavy atom. The van der Waals surface area contributed by atoms with E-state index in [1.807, 2.05) is 0 Å². The van der Waals surface area contributed by atoms with Crippen LogP contribution in [0, 0.1) is 11.3 Å². The van der Waals surface area contributed by atoms with E-state index in [1.165, 1.54) is 6.42 Å². The van der Waals surface area contributed by atoms with Crippen LogP contribution in [0.25, 0.3) is 0 Å². The number of aliphatic hydroxyl groups is 1. The number of carbonyl (C=O) groups excluding carboxylic acids is 1. The van der Waals surface area contributed by atoms with Gasteiger partial charge < -0.3 is 10.4 Å². The van der Waals surface area contributed by atoms with Crippen LogP contribution in [0.3, 0.4) is 0 Å². The normalized spacial score (nSPS) is 21.2. The van der Waals surface area contributed by atoms with Gasteiger partial charge in [-0.05, 0) is 25.2 Å². The maximum Gasteiger partial charge on any atom is 0.226 e. The van der Waals surface area contributed by atoms with Crippen molar-refractivity contribution in [2.24, 2.45) is 11.3 Å². The molecule has 100 valence electrons. The molecule has 1 unspecified atom stereocenters. The molecule has 0 aromatic carbocycles. The molecule has 1 aliphatic carbocycles. The summed E-state index contributed by atoms with van der Waals surface area (Å²) in [4.78, 5) is 12.1. The Balaban J connectivity index is 2.33. The predicted octanol–water partition coefficient (Wildman–Crippen LogP) is 2.48. The monoisotopic (exact) mass is 241 g/mol. The first-order chi connectivity index (χ1) is 7.94. The minimum Gasteiger partial charge on any atom is -0.391 e. The first kappa shape index (κ1) is 14.5. The van der Waals surface area contributed by atoms with Gasteiger partial charge >= 0.3 is 0 Å². The molecule has 1 rings (SSSR count). The number of nitrogens with one attached hydrogen (secondary N) is 1. The molecule has 0 aliphatic heterocycles. The number of rotatable bonds is 5. The lowest BCUT2D eigenvalue weighted by Crippen LogP contribution is -2.43. The molecule has 0 heterocycles. The van der Waals surface area contributed by atoms with Crippen LogP contribution in [-0.2, 0) is 4.79 Å². The van der Waals surface area contributed by atoms with Crippen molar-refractivity contribution in [2.45, 2.75) is 65.4 Å². The standard InChI is InChI=1S/C14H27NO2/c1-11(2)9-12(16)10-15-13(17)14(3)7-5-4-6-8-14/h11-12,16H,4-10H2,1-3H3,(H,15,17). The van der Waals surface area contributed by atoms with Crippen molar-refractivity contribution in [3.8, 4) is 0 Å². The smallest absolute Gasteiger partial charge is 0.226 e. The summed E-state index contributed by atoms with van der Waals surface area (Å²) in [6.45, 7) is 6.60. The third kappa shape index (κ3) is 4.66. The molecule has 3 nitrogen and oxygen atoms in total. The maximum atomic E-state index is 12.1. The van der Waals surface area contributed by atoms with Gasteiger partial charge in [0.1, 0.15) is 0 Å². The summed E-state index contributed by atoms with van der Waals surface area (Å²) in [6, 6.07) is 0. The molecule has 1 aliphatic rings. The Labute approximate surface area is 105 Å². The van der Waals surface area contributed by atoms with Crippen molar-refractivity contribution in [2.75, 3.05) is 6.54 Å². The van der Waals surface area contributed by atoms with Crippen molar-refractivity contribution < 1.29 is 9.90 Å². The molecule has 1 fully saturated rings. The van der Waals surface area contributed by atoms with E-state index < -0.39 is 6.10 Å². The van der Waals surface area contributed by atoms with Gasteiger partial charge in [-0.1, -0.05) is 40.0 Å². The quantitative estimate of drug-likeness (QED) is 0.777. The third-order valence-corrected chi connectivity index (χ3v) is 3.75. The summed E-state index contributed by atoms with van der Waals surface area (Å²) in [7, 11) is 0.